The van der Waals surface area contributed by atoms with Crippen LogP contribution in [0.4, 0.5) is 10.1 Å². The number of nitrogens with one attached hydrogen (secondary N) is 1. The number of ether oxygens (including phenoxy) is 1. The van der Waals surface area contributed by atoms with Crippen LogP contribution in [0.3, 0.4) is 0 Å². The molecule has 0 saturated carbocycles. The highest BCUT2D eigenvalue weighted by molar-refractivity contribution is 5.97. The van der Waals surface area contributed by atoms with E-state index in [9.17, 15) is 14.0 Å². The Balaban J connectivity index is 1.99. The molecule has 0 fully saturated rings. The Labute approximate surface area is 134 Å². The Kier molecular flexibility index (Phi) is 5.11. The summed E-state index contributed by atoms with van der Waals surface area (Å²) in [5.74, 6) is -1.43. The lowest BCUT2D eigenvalue weighted by atomic mass is 10.1. The van der Waals surface area contributed by atoms with Gasteiger partial charge in [-0.05, 0) is 57.2 Å². The van der Waals surface area contributed by atoms with Crippen molar-refractivity contribution in [1.82, 2.24) is 0 Å². The number of anilines is 1. The maximum atomic E-state index is 12.8. The minimum absolute atomic E-state index is 0.391. The van der Waals surface area contributed by atoms with Crippen molar-refractivity contribution in [1.29, 1.82) is 0 Å². The summed E-state index contributed by atoms with van der Waals surface area (Å²) >= 11 is 0. The van der Waals surface area contributed by atoms with Crippen molar-refractivity contribution in [2.45, 2.75) is 26.9 Å². The second kappa shape index (κ2) is 7.05. The molecule has 0 unspecified atom stereocenters. The molecule has 2 rings (SSSR count). The molecule has 120 valence electrons. The lowest BCUT2D eigenvalue weighted by Gasteiger charge is -2.14. The van der Waals surface area contributed by atoms with E-state index < -0.39 is 23.8 Å². The van der Waals surface area contributed by atoms with Crippen molar-refractivity contribution >= 4 is 17.6 Å². The zero-order valence-electron chi connectivity index (χ0n) is 13.2. The van der Waals surface area contributed by atoms with Crippen molar-refractivity contribution in [3.63, 3.8) is 0 Å². The number of rotatable bonds is 4. The Bertz CT molecular complexity index is 705. The van der Waals surface area contributed by atoms with E-state index in [4.69, 9.17) is 4.74 Å². The molecule has 0 bridgehead atoms. The first-order valence-electron chi connectivity index (χ1n) is 7.21. The molecule has 2 aromatic rings. The number of hydrogen-bond acceptors (Lipinski definition) is 3. The average molecular weight is 315 g/mol. The first kappa shape index (κ1) is 16.7. The van der Waals surface area contributed by atoms with E-state index in [1.807, 2.05) is 19.9 Å². The van der Waals surface area contributed by atoms with E-state index in [0.29, 0.717) is 11.3 Å². The summed E-state index contributed by atoms with van der Waals surface area (Å²) in [6, 6.07) is 10.7. The summed E-state index contributed by atoms with van der Waals surface area (Å²) in [5, 5.41) is 2.57. The zero-order chi connectivity index (χ0) is 17.0. The molecule has 0 heterocycles. The average Bonchev–Trinajstić information content (AvgIpc) is 2.48. The molecule has 1 N–H and O–H groups in total. The maximum absolute atomic E-state index is 12.8. The standard InChI is InChI=1S/C18H18FNO3/c1-11-8-12(2)10-14(9-11)18(22)23-13(3)17(21)20-16-6-4-15(19)5-7-16/h4-10,13H,1-3H3,(H,20,21)/t13-/m1/s1. The van der Waals surface area contributed by atoms with Crippen LogP contribution in [0, 0.1) is 19.7 Å². The molecule has 0 aliphatic carbocycles. The molecule has 0 saturated heterocycles. The largest absolute Gasteiger partial charge is 0.449 e. The molecule has 0 radical (unpaired) electrons. The van der Waals surface area contributed by atoms with Gasteiger partial charge < -0.3 is 10.1 Å². The topological polar surface area (TPSA) is 55.4 Å². The second-order valence-electron chi connectivity index (χ2n) is 5.42. The number of carbonyl (C=O) groups is 2. The van der Waals surface area contributed by atoms with Gasteiger partial charge in [0.05, 0.1) is 5.56 Å². The van der Waals surface area contributed by atoms with Gasteiger partial charge in [-0.25, -0.2) is 9.18 Å². The molecule has 4 nitrogen and oxygen atoms in total. The summed E-state index contributed by atoms with van der Waals surface area (Å²) in [7, 11) is 0. The first-order valence-corrected chi connectivity index (χ1v) is 7.21. The predicted octanol–water partition coefficient (Wildman–Crippen LogP) is 3.63. The monoisotopic (exact) mass is 315 g/mol. The third-order valence-corrected chi connectivity index (χ3v) is 3.22. The SMILES string of the molecule is Cc1cc(C)cc(C(=O)O[C@H](C)C(=O)Nc2ccc(F)cc2)c1. The summed E-state index contributed by atoms with van der Waals surface area (Å²) in [5.41, 5.74) is 2.73. The van der Waals surface area contributed by atoms with Gasteiger partial charge in [0.15, 0.2) is 6.10 Å². The highest BCUT2D eigenvalue weighted by atomic mass is 19.1. The lowest BCUT2D eigenvalue weighted by Crippen LogP contribution is -2.30. The van der Waals surface area contributed by atoms with Crippen LogP contribution in [0.1, 0.15) is 28.4 Å². The van der Waals surface area contributed by atoms with Gasteiger partial charge in [0.2, 0.25) is 0 Å². The summed E-state index contributed by atoms with van der Waals surface area (Å²) in [6.07, 6.45) is -0.964. The van der Waals surface area contributed by atoms with Gasteiger partial charge in [0.1, 0.15) is 5.82 Å². The minimum Gasteiger partial charge on any atom is -0.449 e. The molecule has 0 aromatic heterocycles. The van der Waals surface area contributed by atoms with Crippen LogP contribution in [-0.4, -0.2) is 18.0 Å². The fourth-order valence-corrected chi connectivity index (χ4v) is 2.15. The van der Waals surface area contributed by atoms with Gasteiger partial charge in [-0.2, -0.15) is 0 Å². The van der Waals surface area contributed by atoms with E-state index in [1.165, 1.54) is 31.2 Å². The van der Waals surface area contributed by atoms with Crippen LogP contribution in [0.15, 0.2) is 42.5 Å². The van der Waals surface area contributed by atoms with Crippen LogP contribution in [-0.2, 0) is 9.53 Å². The van der Waals surface area contributed by atoms with Crippen molar-refractivity contribution in [3.8, 4) is 0 Å². The molecular formula is C18H18FNO3. The summed E-state index contributed by atoms with van der Waals surface area (Å²) in [6.45, 7) is 5.25. The number of amides is 1. The number of benzene rings is 2. The number of halogens is 1. The van der Waals surface area contributed by atoms with Gasteiger partial charge in [-0.3, -0.25) is 4.79 Å². The Morgan fingerprint density at radius 3 is 2.17 bits per heavy atom. The van der Waals surface area contributed by atoms with Gasteiger partial charge >= 0.3 is 5.97 Å². The molecule has 0 aliphatic heterocycles. The third-order valence-electron chi connectivity index (χ3n) is 3.22. The smallest absolute Gasteiger partial charge is 0.338 e. The van der Waals surface area contributed by atoms with Crippen molar-refractivity contribution < 1.29 is 18.7 Å². The molecule has 0 aliphatic rings. The zero-order valence-corrected chi connectivity index (χ0v) is 13.2. The van der Waals surface area contributed by atoms with E-state index in [1.54, 1.807) is 12.1 Å². The highest BCUT2D eigenvalue weighted by Gasteiger charge is 2.19. The Morgan fingerprint density at radius 2 is 1.61 bits per heavy atom. The van der Waals surface area contributed by atoms with Crippen LogP contribution >= 0.6 is 0 Å². The van der Waals surface area contributed by atoms with Crippen molar-refractivity contribution in [2.75, 3.05) is 5.32 Å². The number of hydrogen-bond donors (Lipinski definition) is 1. The molecule has 1 amide bonds. The van der Waals surface area contributed by atoms with Crippen LogP contribution in [0.2, 0.25) is 0 Å². The van der Waals surface area contributed by atoms with Gasteiger partial charge in [-0.1, -0.05) is 17.2 Å². The van der Waals surface area contributed by atoms with Crippen molar-refractivity contribution in [3.05, 3.63) is 65.0 Å². The lowest BCUT2D eigenvalue weighted by molar-refractivity contribution is -0.123. The quantitative estimate of drug-likeness (QED) is 0.877. The molecule has 0 spiro atoms. The van der Waals surface area contributed by atoms with Crippen molar-refractivity contribution in [2.24, 2.45) is 0 Å². The van der Waals surface area contributed by atoms with E-state index in [2.05, 4.69) is 5.32 Å². The van der Waals surface area contributed by atoms with E-state index >= 15 is 0 Å². The van der Waals surface area contributed by atoms with Gasteiger partial charge in [-0.15, -0.1) is 0 Å². The number of carbonyl (C=O) groups excluding carboxylic acids is 2. The van der Waals surface area contributed by atoms with E-state index in [-0.39, 0.29) is 0 Å². The molecule has 5 heteroatoms. The summed E-state index contributed by atoms with van der Waals surface area (Å²) < 4.78 is 18.0. The fourth-order valence-electron chi connectivity index (χ4n) is 2.15. The first-order chi connectivity index (χ1) is 10.8. The fraction of sp³-hybridized carbons (Fsp3) is 0.222. The number of esters is 1. The molecule has 1 atom stereocenters. The van der Waals surface area contributed by atoms with Gasteiger partial charge in [0.25, 0.3) is 5.91 Å². The molecular weight excluding hydrogens is 297 g/mol. The third kappa shape index (κ3) is 4.64. The number of aryl methyl sites for hydroxylation is 2. The molecule has 23 heavy (non-hydrogen) atoms. The predicted molar refractivity (Wildman–Crippen MR) is 85.8 cm³/mol. The Morgan fingerprint density at radius 1 is 1.04 bits per heavy atom. The maximum Gasteiger partial charge on any atom is 0.338 e. The van der Waals surface area contributed by atoms with E-state index in [0.717, 1.165) is 11.1 Å². The van der Waals surface area contributed by atoms with Gasteiger partial charge in [0, 0.05) is 5.69 Å². The van der Waals surface area contributed by atoms with Crippen LogP contribution in [0.25, 0.3) is 0 Å². The van der Waals surface area contributed by atoms with Crippen LogP contribution < -0.4 is 5.32 Å². The normalized spacial score (nSPS) is 11.7. The minimum atomic E-state index is -0.964. The van der Waals surface area contributed by atoms with Crippen LogP contribution in [0.5, 0.6) is 0 Å². The molecule has 2 aromatic carbocycles. The Hall–Kier alpha value is -2.69. The highest BCUT2D eigenvalue weighted by Crippen LogP contribution is 2.13. The second-order valence-corrected chi connectivity index (χ2v) is 5.42. The summed E-state index contributed by atoms with van der Waals surface area (Å²) in [4.78, 5) is 24.1.